The first-order valence-electron chi connectivity index (χ1n) is 8.32. The molecular formula is C20H24N2O2. The number of amides is 1. The average molecular weight is 324 g/mol. The van der Waals surface area contributed by atoms with Gasteiger partial charge in [0.05, 0.1) is 5.60 Å². The number of carbonyl (C=O) groups is 1. The summed E-state index contributed by atoms with van der Waals surface area (Å²) >= 11 is 0. The van der Waals surface area contributed by atoms with E-state index in [0.717, 1.165) is 12.1 Å². The maximum absolute atomic E-state index is 12.4. The van der Waals surface area contributed by atoms with E-state index in [4.69, 9.17) is 0 Å². The zero-order valence-corrected chi connectivity index (χ0v) is 14.2. The van der Waals surface area contributed by atoms with Crippen molar-refractivity contribution in [2.45, 2.75) is 24.9 Å². The third-order valence-electron chi connectivity index (χ3n) is 4.70. The molecule has 0 spiro atoms. The number of rotatable bonds is 4. The number of hydrogen-bond donors (Lipinski definition) is 2. The van der Waals surface area contributed by atoms with Crippen molar-refractivity contribution in [1.82, 2.24) is 5.32 Å². The number of aryl methyl sites for hydroxylation is 1. The summed E-state index contributed by atoms with van der Waals surface area (Å²) in [5.41, 5.74) is 3.19. The van der Waals surface area contributed by atoms with Gasteiger partial charge < -0.3 is 15.3 Å². The van der Waals surface area contributed by atoms with Crippen molar-refractivity contribution < 1.29 is 9.90 Å². The van der Waals surface area contributed by atoms with E-state index in [2.05, 4.69) is 17.4 Å². The summed E-state index contributed by atoms with van der Waals surface area (Å²) in [5.74, 6) is -0.147. The first-order valence-corrected chi connectivity index (χ1v) is 8.32. The first-order chi connectivity index (χ1) is 11.5. The Kier molecular flexibility index (Phi) is 4.58. The molecule has 126 valence electrons. The summed E-state index contributed by atoms with van der Waals surface area (Å²) in [6.45, 7) is 0.270. The largest absolute Gasteiger partial charge is 0.388 e. The van der Waals surface area contributed by atoms with E-state index in [1.165, 1.54) is 11.1 Å². The Labute approximate surface area is 143 Å². The van der Waals surface area contributed by atoms with Gasteiger partial charge in [0.2, 0.25) is 0 Å². The predicted octanol–water partition coefficient (Wildman–Crippen LogP) is 2.40. The van der Waals surface area contributed by atoms with Gasteiger partial charge in [0.1, 0.15) is 0 Å². The third-order valence-corrected chi connectivity index (χ3v) is 4.70. The molecule has 2 N–H and O–H groups in total. The number of fused-ring (bicyclic) bond motifs is 1. The van der Waals surface area contributed by atoms with Gasteiger partial charge in [-0.25, -0.2) is 0 Å². The van der Waals surface area contributed by atoms with Gasteiger partial charge >= 0.3 is 0 Å². The highest BCUT2D eigenvalue weighted by Gasteiger charge is 2.32. The number of anilines is 1. The van der Waals surface area contributed by atoms with Crippen molar-refractivity contribution in [3.8, 4) is 0 Å². The second kappa shape index (κ2) is 6.65. The van der Waals surface area contributed by atoms with Gasteiger partial charge in [-0.1, -0.05) is 30.3 Å². The maximum Gasteiger partial charge on any atom is 0.251 e. The van der Waals surface area contributed by atoms with Gasteiger partial charge in [0.15, 0.2) is 0 Å². The zero-order chi connectivity index (χ0) is 17.2. The Morgan fingerprint density at radius 2 is 1.92 bits per heavy atom. The van der Waals surface area contributed by atoms with E-state index >= 15 is 0 Å². The molecule has 0 aromatic heterocycles. The molecule has 2 aromatic carbocycles. The molecule has 0 fully saturated rings. The molecule has 0 saturated carbocycles. The van der Waals surface area contributed by atoms with Crippen LogP contribution in [-0.4, -0.2) is 37.3 Å². The lowest BCUT2D eigenvalue weighted by Crippen LogP contribution is -2.46. The molecule has 0 aliphatic heterocycles. The molecule has 4 nitrogen and oxygen atoms in total. The summed E-state index contributed by atoms with van der Waals surface area (Å²) in [4.78, 5) is 14.4. The highest BCUT2D eigenvalue weighted by atomic mass is 16.3. The van der Waals surface area contributed by atoms with Crippen molar-refractivity contribution in [2.24, 2.45) is 0 Å². The van der Waals surface area contributed by atoms with Crippen molar-refractivity contribution in [3.05, 3.63) is 65.2 Å². The highest BCUT2D eigenvalue weighted by Crippen LogP contribution is 2.28. The summed E-state index contributed by atoms with van der Waals surface area (Å²) < 4.78 is 0. The molecule has 1 atom stereocenters. The molecule has 2 aromatic rings. The molecule has 1 aliphatic carbocycles. The second-order valence-corrected chi connectivity index (χ2v) is 6.80. The monoisotopic (exact) mass is 324 g/mol. The van der Waals surface area contributed by atoms with Gasteiger partial charge in [0.25, 0.3) is 5.91 Å². The van der Waals surface area contributed by atoms with Crippen molar-refractivity contribution in [3.63, 3.8) is 0 Å². The summed E-state index contributed by atoms with van der Waals surface area (Å²) in [6.07, 6.45) is 2.10. The zero-order valence-electron chi connectivity index (χ0n) is 14.2. The Bertz CT molecular complexity index is 742. The summed E-state index contributed by atoms with van der Waals surface area (Å²) in [5, 5.41) is 13.7. The van der Waals surface area contributed by atoms with E-state index in [9.17, 15) is 9.90 Å². The number of hydrogen-bond acceptors (Lipinski definition) is 3. The normalized spacial score (nSPS) is 19.5. The van der Waals surface area contributed by atoms with Crippen molar-refractivity contribution in [1.29, 1.82) is 0 Å². The number of nitrogens with zero attached hydrogens (tertiary/aromatic N) is 1. The van der Waals surface area contributed by atoms with Crippen LogP contribution in [0.4, 0.5) is 5.69 Å². The quantitative estimate of drug-likeness (QED) is 0.908. The van der Waals surface area contributed by atoms with Crippen LogP contribution in [0.25, 0.3) is 0 Å². The van der Waals surface area contributed by atoms with Gasteiger partial charge in [-0.15, -0.1) is 0 Å². The summed E-state index contributed by atoms with van der Waals surface area (Å²) in [7, 11) is 3.89. The minimum Gasteiger partial charge on any atom is -0.388 e. The van der Waals surface area contributed by atoms with Crippen LogP contribution < -0.4 is 10.2 Å². The fourth-order valence-electron chi connectivity index (χ4n) is 3.21. The van der Waals surface area contributed by atoms with Crippen LogP contribution in [0, 0.1) is 0 Å². The second-order valence-electron chi connectivity index (χ2n) is 6.80. The number of aliphatic hydroxyl groups is 1. The Balaban J connectivity index is 1.65. The van der Waals surface area contributed by atoms with Gasteiger partial charge in [-0.05, 0) is 42.2 Å². The molecule has 1 aliphatic rings. The molecule has 0 bridgehead atoms. The lowest BCUT2D eigenvalue weighted by Gasteiger charge is -2.33. The molecule has 0 radical (unpaired) electrons. The van der Waals surface area contributed by atoms with E-state index in [0.29, 0.717) is 18.4 Å². The lowest BCUT2D eigenvalue weighted by molar-refractivity contribution is 0.0260. The number of nitrogens with one attached hydrogen (secondary N) is 1. The van der Waals surface area contributed by atoms with E-state index in [1.54, 1.807) is 6.07 Å². The molecule has 1 unspecified atom stereocenters. The Morgan fingerprint density at radius 1 is 1.17 bits per heavy atom. The predicted molar refractivity (Wildman–Crippen MR) is 96.5 cm³/mol. The number of benzene rings is 2. The molecule has 0 saturated heterocycles. The lowest BCUT2D eigenvalue weighted by atomic mass is 9.80. The molecule has 0 heterocycles. The standard InChI is InChI=1S/C20H24N2O2/c1-22(2)18-9-5-8-16(12-18)19(23)21-14-20(24)11-10-15-6-3-4-7-17(15)13-20/h3-9,12,24H,10-11,13-14H2,1-2H3,(H,21,23). The van der Waals surface area contributed by atoms with Crippen LogP contribution in [0.2, 0.25) is 0 Å². The fourth-order valence-corrected chi connectivity index (χ4v) is 3.21. The van der Waals surface area contributed by atoms with Gasteiger partial charge in [-0.2, -0.15) is 0 Å². The topological polar surface area (TPSA) is 52.6 Å². The Hall–Kier alpha value is -2.33. The van der Waals surface area contributed by atoms with Crippen LogP contribution >= 0.6 is 0 Å². The van der Waals surface area contributed by atoms with Crippen LogP contribution in [0.3, 0.4) is 0 Å². The van der Waals surface area contributed by atoms with Crippen molar-refractivity contribution in [2.75, 3.05) is 25.5 Å². The van der Waals surface area contributed by atoms with Gasteiger partial charge in [-0.3, -0.25) is 4.79 Å². The van der Waals surface area contributed by atoms with E-state index in [1.807, 2.05) is 49.3 Å². The Morgan fingerprint density at radius 3 is 2.67 bits per heavy atom. The molecule has 3 rings (SSSR count). The molecular weight excluding hydrogens is 300 g/mol. The molecule has 24 heavy (non-hydrogen) atoms. The molecule has 1 amide bonds. The van der Waals surface area contributed by atoms with Gasteiger partial charge in [0, 0.05) is 38.3 Å². The van der Waals surface area contributed by atoms with Crippen LogP contribution in [0.1, 0.15) is 27.9 Å². The summed E-state index contributed by atoms with van der Waals surface area (Å²) in [6, 6.07) is 15.7. The molecule has 4 heteroatoms. The van der Waals surface area contributed by atoms with Crippen LogP contribution in [-0.2, 0) is 12.8 Å². The van der Waals surface area contributed by atoms with E-state index in [-0.39, 0.29) is 12.5 Å². The minimum atomic E-state index is -0.872. The van der Waals surface area contributed by atoms with Crippen molar-refractivity contribution >= 4 is 11.6 Å². The van der Waals surface area contributed by atoms with Crippen LogP contribution in [0.15, 0.2) is 48.5 Å². The minimum absolute atomic E-state index is 0.147. The van der Waals surface area contributed by atoms with E-state index < -0.39 is 5.60 Å². The third kappa shape index (κ3) is 3.60. The smallest absolute Gasteiger partial charge is 0.251 e. The SMILES string of the molecule is CN(C)c1cccc(C(=O)NCC2(O)CCc3ccccc3C2)c1. The maximum atomic E-state index is 12.4. The first kappa shape index (κ1) is 16.5. The fraction of sp³-hybridized carbons (Fsp3) is 0.350. The van der Waals surface area contributed by atoms with Crippen LogP contribution in [0.5, 0.6) is 0 Å². The average Bonchev–Trinajstić information content (AvgIpc) is 2.59. The number of carbonyl (C=O) groups excluding carboxylic acids is 1. The highest BCUT2D eigenvalue weighted by molar-refractivity contribution is 5.95.